The highest BCUT2D eigenvalue weighted by molar-refractivity contribution is 6.33. The number of halogens is 1. The van der Waals surface area contributed by atoms with Gasteiger partial charge in [-0.15, -0.1) is 0 Å². The lowest BCUT2D eigenvalue weighted by molar-refractivity contribution is 0.102. The molecule has 170 valence electrons. The summed E-state index contributed by atoms with van der Waals surface area (Å²) in [6.45, 7) is 0. The Morgan fingerprint density at radius 2 is 1.83 bits per heavy atom. The summed E-state index contributed by atoms with van der Waals surface area (Å²) in [6, 6.07) is 15.2. The van der Waals surface area contributed by atoms with E-state index in [-0.39, 0.29) is 5.91 Å². The lowest BCUT2D eigenvalue weighted by Gasteiger charge is -2.07. The molecule has 0 aliphatic heterocycles. The third-order valence-electron chi connectivity index (χ3n) is 5.42. The van der Waals surface area contributed by atoms with Gasteiger partial charge in [0.1, 0.15) is 11.5 Å². The smallest absolute Gasteiger partial charge is 0.272 e. The molecule has 0 radical (unpaired) electrons. The van der Waals surface area contributed by atoms with Gasteiger partial charge in [-0.05, 0) is 36.4 Å². The Kier molecular flexibility index (Phi) is 5.04. The summed E-state index contributed by atoms with van der Waals surface area (Å²) in [7, 11) is 0. The maximum absolute atomic E-state index is 12.7. The number of carbonyl (C=O) groups excluding carboxylic acids is 1. The van der Waals surface area contributed by atoms with Gasteiger partial charge in [-0.3, -0.25) is 9.89 Å². The first-order chi connectivity index (χ1) is 17.1. The number of anilines is 3. The van der Waals surface area contributed by atoms with Crippen LogP contribution in [-0.2, 0) is 0 Å². The van der Waals surface area contributed by atoms with Crippen molar-refractivity contribution in [1.29, 1.82) is 0 Å². The van der Waals surface area contributed by atoms with Crippen LogP contribution in [0.2, 0.25) is 5.02 Å². The minimum absolute atomic E-state index is 0.307. The van der Waals surface area contributed by atoms with Gasteiger partial charge in [-0.2, -0.15) is 15.3 Å². The van der Waals surface area contributed by atoms with Crippen LogP contribution < -0.4 is 10.6 Å². The number of H-pyrrole nitrogens is 2. The van der Waals surface area contributed by atoms with E-state index < -0.39 is 0 Å². The molecule has 2 aromatic carbocycles. The van der Waals surface area contributed by atoms with Crippen LogP contribution in [-0.4, -0.2) is 41.3 Å². The number of fused-ring (bicyclic) bond motifs is 2. The molecule has 0 aliphatic carbocycles. The molecule has 0 atom stereocenters. The molecular formula is C24H16ClN9O. The highest BCUT2D eigenvalue weighted by Crippen LogP contribution is 2.26. The second kappa shape index (κ2) is 8.50. The molecule has 35 heavy (non-hydrogen) atoms. The maximum Gasteiger partial charge on any atom is 0.272 e. The van der Waals surface area contributed by atoms with E-state index in [2.05, 4.69) is 46.0 Å². The summed E-state index contributed by atoms with van der Waals surface area (Å²) in [5, 5.41) is 22.6. The van der Waals surface area contributed by atoms with E-state index in [9.17, 15) is 4.79 Å². The molecule has 6 rings (SSSR count). The lowest BCUT2D eigenvalue weighted by atomic mass is 10.1. The van der Waals surface area contributed by atoms with Gasteiger partial charge in [0, 0.05) is 33.7 Å². The van der Waals surface area contributed by atoms with Gasteiger partial charge in [-0.1, -0.05) is 23.7 Å². The fraction of sp³-hybridized carbons (Fsp3) is 0. The molecule has 0 unspecified atom stereocenters. The van der Waals surface area contributed by atoms with Crippen molar-refractivity contribution in [3.63, 3.8) is 0 Å². The molecule has 11 heteroatoms. The van der Waals surface area contributed by atoms with Crippen molar-refractivity contribution < 1.29 is 4.79 Å². The maximum atomic E-state index is 12.7. The van der Waals surface area contributed by atoms with E-state index in [4.69, 9.17) is 11.6 Å². The van der Waals surface area contributed by atoms with Gasteiger partial charge in [0.15, 0.2) is 5.82 Å². The first kappa shape index (κ1) is 20.8. The number of aromatic nitrogens is 7. The zero-order valence-electron chi connectivity index (χ0n) is 18.0. The highest BCUT2D eigenvalue weighted by atomic mass is 35.5. The van der Waals surface area contributed by atoms with E-state index in [1.54, 1.807) is 24.5 Å². The topological polar surface area (TPSA) is 137 Å². The first-order valence-corrected chi connectivity index (χ1v) is 10.9. The minimum atomic E-state index is -0.338. The minimum Gasteiger partial charge on any atom is -0.350 e. The molecule has 10 nitrogen and oxygen atoms in total. The number of aromatic amines is 2. The fourth-order valence-corrected chi connectivity index (χ4v) is 3.85. The van der Waals surface area contributed by atoms with Gasteiger partial charge in [0.05, 0.1) is 34.8 Å². The van der Waals surface area contributed by atoms with Crippen molar-refractivity contribution in [3.8, 4) is 11.4 Å². The van der Waals surface area contributed by atoms with E-state index in [1.165, 1.54) is 12.4 Å². The molecule has 0 saturated carbocycles. The van der Waals surface area contributed by atoms with Crippen LogP contribution in [0, 0.1) is 0 Å². The summed E-state index contributed by atoms with van der Waals surface area (Å²) < 4.78 is 0. The molecule has 0 fully saturated rings. The first-order valence-electron chi connectivity index (χ1n) is 10.6. The van der Waals surface area contributed by atoms with Gasteiger partial charge in [-0.25, -0.2) is 9.97 Å². The second-order valence-corrected chi connectivity index (χ2v) is 8.16. The summed E-state index contributed by atoms with van der Waals surface area (Å²) in [5.74, 6) is 0.874. The number of benzene rings is 2. The van der Waals surface area contributed by atoms with Crippen molar-refractivity contribution in [2.75, 3.05) is 10.6 Å². The molecule has 4 heterocycles. The fourth-order valence-electron chi connectivity index (χ4n) is 3.71. The van der Waals surface area contributed by atoms with Crippen molar-refractivity contribution in [2.24, 2.45) is 0 Å². The number of nitrogens with zero attached hydrogens (tertiary/aromatic N) is 5. The quantitative estimate of drug-likeness (QED) is 0.273. The average molecular weight is 482 g/mol. The number of rotatable bonds is 5. The normalized spacial score (nSPS) is 11.1. The largest absolute Gasteiger partial charge is 0.350 e. The second-order valence-electron chi connectivity index (χ2n) is 7.75. The standard InChI is InChI=1S/C24H16ClN9O/c25-17-11-27-28-12-21(17)32-24(35)20-8-13-1-2-14(9-19(13)31-20)23-26-6-5-22(33-23)30-16-3-4-18-15(7-16)10-29-34-18/h1-12,31H,(H,29,34)(H,26,30,33)(H,27,32,35). The van der Waals surface area contributed by atoms with Crippen LogP contribution in [0.25, 0.3) is 33.2 Å². The zero-order chi connectivity index (χ0) is 23.8. The Morgan fingerprint density at radius 3 is 2.74 bits per heavy atom. The zero-order valence-corrected chi connectivity index (χ0v) is 18.7. The number of nitrogens with one attached hydrogen (secondary N) is 4. The monoisotopic (exact) mass is 481 g/mol. The molecule has 0 bridgehead atoms. The summed E-state index contributed by atoms with van der Waals surface area (Å²) in [4.78, 5) is 24.9. The Balaban J connectivity index is 1.25. The summed E-state index contributed by atoms with van der Waals surface area (Å²) in [6.07, 6.45) is 6.24. The van der Waals surface area contributed by atoms with Crippen LogP contribution in [0.1, 0.15) is 10.5 Å². The SMILES string of the molecule is O=C(Nc1cnncc1Cl)c1cc2ccc(-c3nccc(Nc4ccc5[nH]ncc5c4)n3)cc2[nH]1. The predicted molar refractivity (Wildman–Crippen MR) is 134 cm³/mol. The van der Waals surface area contributed by atoms with Crippen LogP contribution in [0.3, 0.4) is 0 Å². The van der Waals surface area contributed by atoms with Crippen molar-refractivity contribution in [3.05, 3.63) is 84.0 Å². The van der Waals surface area contributed by atoms with Gasteiger partial charge in [0.25, 0.3) is 5.91 Å². The molecule has 0 aliphatic rings. The molecular weight excluding hydrogens is 466 g/mol. The third-order valence-corrected chi connectivity index (χ3v) is 5.72. The molecule has 1 amide bonds. The van der Waals surface area contributed by atoms with Crippen LogP contribution >= 0.6 is 11.6 Å². The Bertz CT molecular complexity index is 1710. The Morgan fingerprint density at radius 1 is 0.914 bits per heavy atom. The van der Waals surface area contributed by atoms with Crippen molar-refractivity contribution in [2.45, 2.75) is 0 Å². The number of amides is 1. The van der Waals surface area contributed by atoms with E-state index in [0.29, 0.717) is 28.0 Å². The Labute approximate surface area is 202 Å². The Hall–Kier alpha value is -4.83. The van der Waals surface area contributed by atoms with E-state index in [0.717, 1.165) is 33.1 Å². The number of hydrogen-bond acceptors (Lipinski definition) is 7. The van der Waals surface area contributed by atoms with Crippen LogP contribution in [0.4, 0.5) is 17.2 Å². The number of carbonyl (C=O) groups is 1. The van der Waals surface area contributed by atoms with Crippen molar-refractivity contribution in [1.82, 2.24) is 35.3 Å². The molecule has 4 aromatic heterocycles. The summed E-state index contributed by atoms with van der Waals surface area (Å²) in [5.41, 5.74) is 4.21. The molecule has 0 spiro atoms. The molecule has 4 N–H and O–H groups in total. The predicted octanol–water partition coefficient (Wildman–Crippen LogP) is 4.94. The van der Waals surface area contributed by atoms with Gasteiger partial charge >= 0.3 is 0 Å². The highest BCUT2D eigenvalue weighted by Gasteiger charge is 2.13. The van der Waals surface area contributed by atoms with Crippen LogP contribution in [0.5, 0.6) is 0 Å². The molecule has 0 saturated heterocycles. The van der Waals surface area contributed by atoms with E-state index in [1.807, 2.05) is 36.4 Å². The van der Waals surface area contributed by atoms with Gasteiger partial charge in [0.2, 0.25) is 0 Å². The average Bonchev–Trinajstić information content (AvgIpc) is 3.52. The third kappa shape index (κ3) is 4.13. The van der Waals surface area contributed by atoms with E-state index >= 15 is 0 Å². The van der Waals surface area contributed by atoms with Crippen LogP contribution in [0.15, 0.2) is 73.3 Å². The lowest BCUT2D eigenvalue weighted by Crippen LogP contribution is -2.12. The number of hydrogen-bond donors (Lipinski definition) is 4. The van der Waals surface area contributed by atoms with Gasteiger partial charge < -0.3 is 15.6 Å². The molecule has 6 aromatic rings. The van der Waals surface area contributed by atoms with Crippen molar-refractivity contribution >= 4 is 56.5 Å². The summed E-state index contributed by atoms with van der Waals surface area (Å²) >= 11 is 6.06.